The molecule has 188 valence electrons. The van der Waals surface area contributed by atoms with Crippen molar-refractivity contribution in [2.75, 3.05) is 13.2 Å². The standard InChI is InChI=1S/C28H36N2O5/c1-5-10-18(26(32)33)16-29-25(31)15-24(28(2,3)4)30-27(34)35-17-23-21-13-8-6-11-19(21)20-12-7-9-14-22(20)23/h6-9,11-14,18,23-24H,5,10,15-17H2,1-4H3,(H,29,31)(H,30,34)(H,32,33). The molecule has 2 amide bonds. The van der Waals surface area contributed by atoms with Crippen LogP contribution < -0.4 is 10.6 Å². The van der Waals surface area contributed by atoms with Gasteiger partial charge in [-0.1, -0.05) is 82.6 Å². The second-order valence-electron chi connectivity index (χ2n) is 10.2. The Bertz CT molecular complexity index is 1010. The van der Waals surface area contributed by atoms with Gasteiger partial charge in [0.15, 0.2) is 0 Å². The molecule has 2 unspecified atom stereocenters. The maximum absolute atomic E-state index is 12.8. The van der Waals surface area contributed by atoms with E-state index >= 15 is 0 Å². The summed E-state index contributed by atoms with van der Waals surface area (Å²) in [6, 6.07) is 15.8. The van der Waals surface area contributed by atoms with E-state index in [-0.39, 0.29) is 31.4 Å². The Balaban J connectivity index is 1.60. The van der Waals surface area contributed by atoms with Gasteiger partial charge in [-0.3, -0.25) is 9.59 Å². The monoisotopic (exact) mass is 480 g/mol. The fourth-order valence-corrected chi connectivity index (χ4v) is 4.51. The van der Waals surface area contributed by atoms with Crippen LogP contribution in [0.15, 0.2) is 48.5 Å². The highest BCUT2D eigenvalue weighted by atomic mass is 16.5. The third-order valence-electron chi connectivity index (χ3n) is 6.60. The summed E-state index contributed by atoms with van der Waals surface area (Å²) in [6.45, 7) is 7.99. The molecular weight excluding hydrogens is 444 g/mol. The van der Waals surface area contributed by atoms with E-state index in [1.807, 2.05) is 52.0 Å². The Morgan fingerprint density at radius 2 is 1.57 bits per heavy atom. The van der Waals surface area contributed by atoms with E-state index in [0.29, 0.717) is 6.42 Å². The topological polar surface area (TPSA) is 105 Å². The van der Waals surface area contributed by atoms with Crippen molar-refractivity contribution in [1.82, 2.24) is 10.6 Å². The van der Waals surface area contributed by atoms with Crippen LogP contribution in [-0.2, 0) is 14.3 Å². The molecular formula is C28H36N2O5. The molecule has 7 nitrogen and oxygen atoms in total. The van der Waals surface area contributed by atoms with Crippen LogP contribution >= 0.6 is 0 Å². The normalized spacial score (nSPS) is 14.4. The molecule has 0 saturated carbocycles. The van der Waals surface area contributed by atoms with Crippen LogP contribution in [0.2, 0.25) is 0 Å². The molecule has 1 aliphatic rings. The van der Waals surface area contributed by atoms with Crippen LogP contribution in [0, 0.1) is 11.3 Å². The number of rotatable bonds is 10. The first-order valence-corrected chi connectivity index (χ1v) is 12.2. The molecule has 0 bridgehead atoms. The molecule has 0 radical (unpaired) electrons. The number of hydrogen-bond acceptors (Lipinski definition) is 4. The lowest BCUT2D eigenvalue weighted by Crippen LogP contribution is -2.47. The number of amides is 2. The zero-order valence-corrected chi connectivity index (χ0v) is 21.0. The Morgan fingerprint density at radius 1 is 1.00 bits per heavy atom. The van der Waals surface area contributed by atoms with Gasteiger partial charge in [0.05, 0.1) is 5.92 Å². The van der Waals surface area contributed by atoms with Crippen LogP contribution in [-0.4, -0.2) is 42.3 Å². The number of aliphatic carboxylic acids is 1. The van der Waals surface area contributed by atoms with E-state index < -0.39 is 29.4 Å². The van der Waals surface area contributed by atoms with Crippen LogP contribution in [0.1, 0.15) is 64.0 Å². The average Bonchev–Trinajstić information content (AvgIpc) is 3.13. The molecule has 0 aromatic heterocycles. The van der Waals surface area contributed by atoms with Gasteiger partial charge in [0.2, 0.25) is 5.91 Å². The van der Waals surface area contributed by atoms with Crippen molar-refractivity contribution in [3.05, 3.63) is 59.7 Å². The maximum atomic E-state index is 12.8. The largest absolute Gasteiger partial charge is 0.481 e. The summed E-state index contributed by atoms with van der Waals surface area (Å²) in [5, 5.41) is 14.9. The first-order valence-electron chi connectivity index (χ1n) is 12.2. The maximum Gasteiger partial charge on any atom is 0.407 e. The summed E-state index contributed by atoms with van der Waals surface area (Å²) in [7, 11) is 0. The minimum Gasteiger partial charge on any atom is -0.481 e. The van der Waals surface area contributed by atoms with E-state index in [4.69, 9.17) is 4.74 Å². The molecule has 0 spiro atoms. The van der Waals surface area contributed by atoms with Gasteiger partial charge in [-0.15, -0.1) is 0 Å². The second kappa shape index (κ2) is 11.4. The van der Waals surface area contributed by atoms with E-state index in [1.54, 1.807) is 0 Å². The van der Waals surface area contributed by atoms with Crippen molar-refractivity contribution < 1.29 is 24.2 Å². The Labute approximate surface area is 207 Å². The molecule has 0 aliphatic heterocycles. The number of carboxylic acids is 1. The molecule has 3 N–H and O–H groups in total. The lowest BCUT2D eigenvalue weighted by molar-refractivity contribution is -0.142. The number of benzene rings is 2. The summed E-state index contributed by atoms with van der Waals surface area (Å²) >= 11 is 0. The van der Waals surface area contributed by atoms with Crippen molar-refractivity contribution in [2.24, 2.45) is 11.3 Å². The third kappa shape index (κ3) is 6.62. The van der Waals surface area contributed by atoms with Gasteiger partial charge in [0.1, 0.15) is 6.61 Å². The zero-order valence-electron chi connectivity index (χ0n) is 21.0. The number of hydrogen-bond donors (Lipinski definition) is 3. The number of fused-ring (bicyclic) bond motifs is 3. The van der Waals surface area contributed by atoms with Gasteiger partial charge in [0, 0.05) is 24.9 Å². The quantitative estimate of drug-likeness (QED) is 0.446. The van der Waals surface area contributed by atoms with Crippen LogP contribution in [0.5, 0.6) is 0 Å². The number of carbonyl (C=O) groups excluding carboxylic acids is 2. The predicted molar refractivity (Wildman–Crippen MR) is 135 cm³/mol. The minimum atomic E-state index is -0.920. The number of carbonyl (C=O) groups is 3. The van der Waals surface area contributed by atoms with Crippen molar-refractivity contribution in [1.29, 1.82) is 0 Å². The van der Waals surface area contributed by atoms with Gasteiger partial charge < -0.3 is 20.5 Å². The molecule has 2 atom stereocenters. The van der Waals surface area contributed by atoms with Gasteiger partial charge >= 0.3 is 12.1 Å². The van der Waals surface area contributed by atoms with E-state index in [2.05, 4.69) is 34.9 Å². The SMILES string of the molecule is CCCC(CNC(=O)CC(NC(=O)OCC1c2ccccc2-c2ccccc21)C(C)(C)C)C(=O)O. The average molecular weight is 481 g/mol. The van der Waals surface area contributed by atoms with Gasteiger partial charge in [-0.2, -0.15) is 0 Å². The van der Waals surface area contributed by atoms with Gasteiger partial charge in [-0.25, -0.2) is 4.79 Å². The number of alkyl carbamates (subject to hydrolysis) is 1. The molecule has 2 aromatic carbocycles. The smallest absolute Gasteiger partial charge is 0.407 e. The molecule has 0 saturated heterocycles. The van der Waals surface area contributed by atoms with Gasteiger partial charge in [-0.05, 0) is 34.1 Å². The molecule has 3 rings (SSSR count). The Kier molecular flexibility index (Phi) is 8.54. The van der Waals surface area contributed by atoms with Crippen molar-refractivity contribution in [3.8, 4) is 11.1 Å². The second-order valence-corrected chi connectivity index (χ2v) is 10.2. The molecule has 2 aromatic rings. The molecule has 7 heteroatoms. The van der Waals surface area contributed by atoms with E-state index in [9.17, 15) is 19.5 Å². The van der Waals surface area contributed by atoms with Crippen LogP contribution in [0.4, 0.5) is 4.79 Å². The first-order chi connectivity index (χ1) is 16.6. The lowest BCUT2D eigenvalue weighted by atomic mass is 9.84. The predicted octanol–water partition coefficient (Wildman–Crippen LogP) is 4.95. The van der Waals surface area contributed by atoms with Crippen molar-refractivity contribution >= 4 is 18.0 Å². The fraction of sp³-hybridized carbons (Fsp3) is 0.464. The molecule has 1 aliphatic carbocycles. The van der Waals surface area contributed by atoms with Crippen molar-refractivity contribution in [3.63, 3.8) is 0 Å². The molecule has 35 heavy (non-hydrogen) atoms. The van der Waals surface area contributed by atoms with Crippen molar-refractivity contribution in [2.45, 2.75) is 58.9 Å². The highest BCUT2D eigenvalue weighted by Crippen LogP contribution is 2.44. The van der Waals surface area contributed by atoms with E-state index in [0.717, 1.165) is 28.7 Å². The zero-order chi connectivity index (χ0) is 25.6. The number of nitrogens with one attached hydrogen (secondary N) is 2. The number of ether oxygens (including phenoxy) is 1. The highest BCUT2D eigenvalue weighted by molar-refractivity contribution is 5.80. The van der Waals surface area contributed by atoms with Crippen LogP contribution in [0.25, 0.3) is 11.1 Å². The summed E-state index contributed by atoms with van der Waals surface area (Å²) in [5.74, 6) is -1.88. The summed E-state index contributed by atoms with van der Waals surface area (Å²) in [4.78, 5) is 36.7. The number of carboxylic acid groups (broad SMARTS) is 1. The highest BCUT2D eigenvalue weighted by Gasteiger charge is 2.32. The van der Waals surface area contributed by atoms with Gasteiger partial charge in [0.25, 0.3) is 0 Å². The minimum absolute atomic E-state index is 0.0339. The molecule has 0 fully saturated rings. The van der Waals surface area contributed by atoms with E-state index in [1.165, 1.54) is 0 Å². The Hall–Kier alpha value is -3.35. The fourth-order valence-electron chi connectivity index (χ4n) is 4.51. The lowest BCUT2D eigenvalue weighted by Gasteiger charge is -2.31. The third-order valence-corrected chi connectivity index (χ3v) is 6.60. The Morgan fingerprint density at radius 3 is 2.09 bits per heavy atom. The summed E-state index contributed by atoms with van der Waals surface area (Å²) < 4.78 is 5.65. The summed E-state index contributed by atoms with van der Waals surface area (Å²) in [5.41, 5.74) is 4.17. The van der Waals surface area contributed by atoms with Crippen LogP contribution in [0.3, 0.4) is 0 Å². The first kappa shape index (κ1) is 26.3. The summed E-state index contributed by atoms with van der Waals surface area (Å²) in [6.07, 6.45) is 0.678. The molecule has 0 heterocycles.